The Kier molecular flexibility index (Phi) is 6.36. The van der Waals surface area contributed by atoms with Crippen LogP contribution in [-0.4, -0.2) is 21.5 Å². The molecule has 37 heavy (non-hydrogen) atoms. The van der Waals surface area contributed by atoms with Crippen molar-refractivity contribution >= 4 is 46.6 Å². The molecule has 1 fully saturated rings. The molecule has 1 saturated heterocycles. The minimum absolute atomic E-state index is 0.0593. The Bertz CT molecular complexity index is 1570. The smallest absolute Gasteiger partial charge is 0.270 e. The van der Waals surface area contributed by atoms with E-state index in [1.807, 2.05) is 113 Å². The zero-order valence-electron chi connectivity index (χ0n) is 21.2. The van der Waals surface area contributed by atoms with E-state index in [1.165, 1.54) is 9.80 Å². The highest BCUT2D eigenvalue weighted by Crippen LogP contribution is 2.32. The summed E-state index contributed by atoms with van der Waals surface area (Å²) in [5.41, 5.74) is 7.22. The minimum Gasteiger partial charge on any atom is -0.318 e. The molecule has 1 aliphatic heterocycles. The Morgan fingerprint density at radius 2 is 1.22 bits per heavy atom. The average Bonchev–Trinajstić information content (AvgIpc) is 3.17. The van der Waals surface area contributed by atoms with Crippen LogP contribution in [0.15, 0.2) is 90.5 Å². The van der Waals surface area contributed by atoms with Crippen molar-refractivity contribution < 1.29 is 9.59 Å². The van der Waals surface area contributed by atoms with E-state index in [-0.39, 0.29) is 10.7 Å². The van der Waals surface area contributed by atoms with Crippen LogP contribution >= 0.6 is 12.2 Å². The van der Waals surface area contributed by atoms with E-state index in [4.69, 9.17) is 12.2 Å². The second kappa shape index (κ2) is 9.64. The maximum Gasteiger partial charge on any atom is 0.270 e. The molecule has 5 nitrogen and oxygen atoms in total. The molecule has 2 amide bonds. The zero-order valence-corrected chi connectivity index (χ0v) is 22.0. The van der Waals surface area contributed by atoms with Gasteiger partial charge in [0, 0.05) is 17.1 Å². The van der Waals surface area contributed by atoms with Crippen molar-refractivity contribution in [1.29, 1.82) is 0 Å². The largest absolute Gasteiger partial charge is 0.318 e. The summed E-state index contributed by atoms with van der Waals surface area (Å²) in [5, 5.41) is 0.136. The average molecular weight is 506 g/mol. The van der Waals surface area contributed by atoms with Gasteiger partial charge in [0.1, 0.15) is 5.57 Å². The van der Waals surface area contributed by atoms with Crippen LogP contribution in [-0.2, 0) is 9.59 Å². The molecule has 3 aromatic carbocycles. The molecular weight excluding hydrogens is 478 g/mol. The highest BCUT2D eigenvalue weighted by atomic mass is 32.1. The summed E-state index contributed by atoms with van der Waals surface area (Å²) in [4.78, 5) is 30.6. The number of hydrogen-bond acceptors (Lipinski definition) is 3. The van der Waals surface area contributed by atoms with Crippen LogP contribution in [0.5, 0.6) is 0 Å². The van der Waals surface area contributed by atoms with Crippen molar-refractivity contribution in [2.75, 3.05) is 9.80 Å². The van der Waals surface area contributed by atoms with E-state index in [9.17, 15) is 9.59 Å². The number of hydrogen-bond donors (Lipinski definition) is 0. The molecular formula is C31H27N3O2S. The number of nitrogens with zero attached hydrogens (tertiary/aromatic N) is 3. The number of rotatable bonds is 4. The summed E-state index contributed by atoms with van der Waals surface area (Å²) in [6.07, 6.45) is 1.69. The number of carbonyl (C=O) groups is 2. The number of para-hydroxylation sites is 2. The van der Waals surface area contributed by atoms with Gasteiger partial charge in [0.2, 0.25) is 0 Å². The normalized spacial score (nSPS) is 15.1. The Balaban J connectivity index is 1.67. The third kappa shape index (κ3) is 4.30. The van der Waals surface area contributed by atoms with Crippen molar-refractivity contribution in [2.45, 2.75) is 27.7 Å². The predicted molar refractivity (Wildman–Crippen MR) is 153 cm³/mol. The first-order valence-corrected chi connectivity index (χ1v) is 12.5. The second-order valence-electron chi connectivity index (χ2n) is 9.22. The molecule has 0 N–H and O–H groups in total. The molecule has 0 atom stereocenters. The fraction of sp³-hybridized carbons (Fsp3) is 0.129. The fourth-order valence-corrected chi connectivity index (χ4v) is 5.07. The van der Waals surface area contributed by atoms with Gasteiger partial charge in [0.05, 0.1) is 11.4 Å². The molecule has 0 aliphatic carbocycles. The molecule has 0 unspecified atom stereocenters. The maximum atomic E-state index is 13.9. The molecule has 184 valence electrons. The molecule has 5 rings (SSSR count). The highest BCUT2D eigenvalue weighted by Gasteiger charge is 2.41. The number of carbonyl (C=O) groups excluding carboxylic acids is 2. The van der Waals surface area contributed by atoms with Crippen LogP contribution in [0.3, 0.4) is 0 Å². The van der Waals surface area contributed by atoms with E-state index in [2.05, 4.69) is 4.57 Å². The quantitative estimate of drug-likeness (QED) is 0.182. The number of amides is 2. The molecule has 1 aromatic heterocycles. The summed E-state index contributed by atoms with van der Waals surface area (Å²) >= 11 is 5.75. The van der Waals surface area contributed by atoms with E-state index in [1.54, 1.807) is 6.08 Å². The third-order valence-corrected chi connectivity index (χ3v) is 7.16. The van der Waals surface area contributed by atoms with Gasteiger partial charge in [0.25, 0.3) is 11.8 Å². The molecule has 6 heteroatoms. The van der Waals surface area contributed by atoms with Gasteiger partial charge in [0.15, 0.2) is 5.11 Å². The van der Waals surface area contributed by atoms with Crippen molar-refractivity contribution in [1.82, 2.24) is 4.57 Å². The minimum atomic E-state index is -0.439. The summed E-state index contributed by atoms with van der Waals surface area (Å²) in [6, 6.07) is 27.0. The lowest BCUT2D eigenvalue weighted by atomic mass is 10.0. The molecule has 0 saturated carbocycles. The Morgan fingerprint density at radius 1 is 0.649 bits per heavy atom. The van der Waals surface area contributed by atoms with Gasteiger partial charge in [-0.2, -0.15) is 0 Å². The van der Waals surface area contributed by atoms with Crippen molar-refractivity contribution in [3.8, 4) is 5.69 Å². The third-order valence-electron chi connectivity index (χ3n) is 6.80. The van der Waals surface area contributed by atoms with Crippen LogP contribution < -0.4 is 9.80 Å². The van der Waals surface area contributed by atoms with E-state index < -0.39 is 11.8 Å². The molecule has 0 spiro atoms. The van der Waals surface area contributed by atoms with Crippen LogP contribution in [0.2, 0.25) is 0 Å². The van der Waals surface area contributed by atoms with Gasteiger partial charge in [-0.1, -0.05) is 42.5 Å². The molecule has 0 radical (unpaired) electrons. The van der Waals surface area contributed by atoms with Crippen LogP contribution in [0.4, 0.5) is 11.4 Å². The Hall–Kier alpha value is -4.29. The number of aromatic nitrogens is 1. The first-order chi connectivity index (χ1) is 17.8. The van der Waals surface area contributed by atoms with Crippen molar-refractivity contribution in [3.05, 3.63) is 119 Å². The monoisotopic (exact) mass is 505 g/mol. The lowest BCUT2D eigenvalue weighted by molar-refractivity contribution is -0.120. The van der Waals surface area contributed by atoms with Gasteiger partial charge in [-0.05, 0) is 105 Å². The van der Waals surface area contributed by atoms with E-state index >= 15 is 0 Å². The SMILES string of the molecule is Cc1ccc(N2C(=O)/C(=C\c3cc(C)n(-c4ccccc4)c3C)C(=O)N(c3ccccc3)C2=S)cc1C. The molecule has 4 aromatic rings. The predicted octanol–water partition coefficient (Wildman–Crippen LogP) is 6.46. The van der Waals surface area contributed by atoms with Gasteiger partial charge >= 0.3 is 0 Å². The van der Waals surface area contributed by atoms with E-state index in [0.29, 0.717) is 11.4 Å². The van der Waals surface area contributed by atoms with Crippen molar-refractivity contribution in [3.63, 3.8) is 0 Å². The Labute approximate surface area is 222 Å². The first kappa shape index (κ1) is 24.4. The Morgan fingerprint density at radius 3 is 1.81 bits per heavy atom. The van der Waals surface area contributed by atoms with Gasteiger partial charge in [-0.3, -0.25) is 19.4 Å². The van der Waals surface area contributed by atoms with Crippen LogP contribution in [0, 0.1) is 27.7 Å². The summed E-state index contributed by atoms with van der Waals surface area (Å²) in [5.74, 6) is -0.874. The van der Waals surface area contributed by atoms with Gasteiger partial charge < -0.3 is 4.57 Å². The molecule has 2 heterocycles. The van der Waals surface area contributed by atoms with E-state index in [0.717, 1.165) is 33.8 Å². The number of benzene rings is 3. The summed E-state index contributed by atoms with van der Waals surface area (Å²) < 4.78 is 2.12. The molecule has 0 bridgehead atoms. The second-order valence-corrected chi connectivity index (χ2v) is 9.59. The van der Waals surface area contributed by atoms with Crippen LogP contribution in [0.25, 0.3) is 11.8 Å². The first-order valence-electron chi connectivity index (χ1n) is 12.1. The van der Waals surface area contributed by atoms with Gasteiger partial charge in [-0.15, -0.1) is 0 Å². The number of anilines is 2. The lowest BCUT2D eigenvalue weighted by Crippen LogP contribution is -2.57. The zero-order chi connectivity index (χ0) is 26.3. The number of thiocarbonyl (C=S) groups is 1. The summed E-state index contributed by atoms with van der Waals surface area (Å²) in [7, 11) is 0. The maximum absolute atomic E-state index is 13.9. The standard InChI is InChI=1S/C31H27N3O2S/c1-20-15-16-27(17-21(20)2)34-30(36)28(29(35)33(31(34)37)26-13-9-6-10-14-26)19-24-18-22(3)32(23(24)4)25-11-7-5-8-12-25/h5-19H,1-4H3/b28-19-. The number of aryl methyl sites for hydroxylation is 3. The van der Waals surface area contributed by atoms with Crippen LogP contribution in [0.1, 0.15) is 28.1 Å². The topological polar surface area (TPSA) is 45.6 Å². The highest BCUT2D eigenvalue weighted by molar-refractivity contribution is 7.81. The summed E-state index contributed by atoms with van der Waals surface area (Å²) in [6.45, 7) is 8.01. The van der Waals surface area contributed by atoms with Crippen molar-refractivity contribution in [2.24, 2.45) is 0 Å². The van der Waals surface area contributed by atoms with Gasteiger partial charge in [-0.25, -0.2) is 0 Å². The fourth-order valence-electron chi connectivity index (χ4n) is 4.69. The lowest BCUT2D eigenvalue weighted by Gasteiger charge is -2.36. The molecule has 1 aliphatic rings.